The lowest BCUT2D eigenvalue weighted by Crippen LogP contribution is -2.52. The molecule has 2 saturated heterocycles. The molecule has 2 atom stereocenters. The molecule has 8 aromatic rings. The average Bonchev–Trinajstić information content (AvgIpc) is 1.84. The fourth-order valence-corrected chi connectivity index (χ4v) is 10.2. The molecule has 2 unspecified atom stereocenters. The molecule has 0 saturated carbocycles. The lowest BCUT2D eigenvalue weighted by molar-refractivity contribution is -0.138. The molecule has 0 radical (unpaired) electrons. The van der Waals surface area contributed by atoms with Crippen molar-refractivity contribution in [2.24, 2.45) is 0 Å². The van der Waals surface area contributed by atoms with Gasteiger partial charge in [-0.3, -0.25) is 49.0 Å². The molecule has 4 aliphatic rings. The van der Waals surface area contributed by atoms with Crippen molar-refractivity contribution in [2.75, 3.05) is 34.4 Å². The fraction of sp³-hybridized carbons (Fsp3) is 0.188. The van der Waals surface area contributed by atoms with Gasteiger partial charge in [0.2, 0.25) is 40.7 Å². The van der Waals surface area contributed by atoms with Crippen LogP contribution in [0.15, 0.2) is 170 Å². The van der Waals surface area contributed by atoms with Gasteiger partial charge in [-0.2, -0.15) is 0 Å². The Balaban J connectivity index is 0.000000187. The number of nitrogens with zero attached hydrogens (tertiary/aromatic N) is 6. The van der Waals surface area contributed by atoms with Crippen LogP contribution in [-0.4, -0.2) is 119 Å². The van der Waals surface area contributed by atoms with Crippen molar-refractivity contribution >= 4 is 94.5 Å². The summed E-state index contributed by atoms with van der Waals surface area (Å²) in [5, 5.41) is 34.0. The molecular weight excluding hydrogens is 1140 g/mol. The summed E-state index contributed by atoms with van der Waals surface area (Å²) in [7, 11) is -1.39. The number of amides is 8. The number of carbonyl (C=O) groups is 8. The zero-order valence-corrected chi connectivity index (χ0v) is 46.5. The third kappa shape index (κ3) is 15.3. The molecule has 448 valence electrons. The number of anilines is 4. The third-order valence-corrected chi connectivity index (χ3v) is 14.6. The SMILES string of the molecule is C.C.O=C1CCC(N2Cc3c(NC(=O)CNc4ccnc(-c5ccc(-c6ccccc6)cc5)n4)cccc3C2=O)C(=O)N1.O=C1CCC(N2Cc3c(NC(=O)CNc4ccnc(Cl)n4)cccc3C2=O)C(=O)N1.OB(O)c1ccc(-c2ccccc2)cc1. The quantitative estimate of drug-likeness (QED) is 0.0313. The largest absolute Gasteiger partial charge is 0.488 e. The Hall–Kier alpha value is -10.5. The Morgan fingerprint density at radius 1 is 0.523 bits per heavy atom. The summed E-state index contributed by atoms with van der Waals surface area (Å²) in [6.07, 6.45) is 4.00. The number of hydrogen-bond acceptors (Lipinski definition) is 16. The van der Waals surface area contributed by atoms with Crippen molar-refractivity contribution < 1.29 is 48.4 Å². The molecule has 0 aliphatic carbocycles. The molecule has 4 aliphatic heterocycles. The van der Waals surface area contributed by atoms with Crippen LogP contribution in [0.1, 0.15) is 72.4 Å². The molecule has 6 heterocycles. The van der Waals surface area contributed by atoms with Gasteiger partial charge in [0.05, 0.1) is 13.1 Å². The smallest absolute Gasteiger partial charge is 0.423 e. The van der Waals surface area contributed by atoms with Crippen LogP contribution >= 0.6 is 11.6 Å². The molecule has 8 amide bonds. The normalized spacial score (nSPS) is 15.4. The molecule has 6 aromatic carbocycles. The highest BCUT2D eigenvalue weighted by molar-refractivity contribution is 6.58. The Morgan fingerprint density at radius 2 is 0.943 bits per heavy atom. The van der Waals surface area contributed by atoms with Gasteiger partial charge < -0.3 is 41.1 Å². The number of halogens is 1. The van der Waals surface area contributed by atoms with Crippen molar-refractivity contribution in [3.05, 3.63) is 198 Å². The maximum atomic E-state index is 13.0. The Labute approximate surface area is 512 Å². The zero-order chi connectivity index (χ0) is 60.3. The molecule has 8 N–H and O–H groups in total. The van der Waals surface area contributed by atoms with E-state index in [9.17, 15) is 38.4 Å². The summed E-state index contributed by atoms with van der Waals surface area (Å²) < 4.78 is 0. The summed E-state index contributed by atoms with van der Waals surface area (Å²) in [4.78, 5) is 118. The van der Waals surface area contributed by atoms with Crippen molar-refractivity contribution in [3.8, 4) is 33.6 Å². The second kappa shape index (κ2) is 29.1. The van der Waals surface area contributed by atoms with Crippen LogP contribution in [-0.2, 0) is 41.9 Å². The lowest BCUT2D eigenvalue weighted by atomic mass is 9.80. The van der Waals surface area contributed by atoms with Crippen molar-refractivity contribution in [1.82, 2.24) is 40.4 Å². The third-order valence-electron chi connectivity index (χ3n) is 14.4. The van der Waals surface area contributed by atoms with E-state index in [1.807, 2.05) is 84.9 Å². The van der Waals surface area contributed by atoms with Gasteiger partial charge in [0, 0.05) is 77.5 Å². The average molecular weight is 1210 g/mol. The maximum Gasteiger partial charge on any atom is 0.488 e. The van der Waals surface area contributed by atoms with E-state index < -0.39 is 31.0 Å². The van der Waals surface area contributed by atoms with E-state index >= 15 is 0 Å². The van der Waals surface area contributed by atoms with Gasteiger partial charge in [0.15, 0.2) is 5.82 Å². The minimum Gasteiger partial charge on any atom is -0.423 e. The number of aromatic nitrogens is 4. The van der Waals surface area contributed by atoms with E-state index in [1.54, 1.807) is 66.9 Å². The second-order valence-corrected chi connectivity index (χ2v) is 20.4. The van der Waals surface area contributed by atoms with E-state index in [-0.39, 0.29) is 107 Å². The molecule has 2 aromatic heterocycles. The number of fused-ring (bicyclic) bond motifs is 2. The van der Waals surface area contributed by atoms with Gasteiger partial charge in [-0.25, -0.2) is 19.9 Å². The molecule has 24 heteroatoms. The number of carbonyl (C=O) groups excluding carboxylic acids is 8. The summed E-state index contributed by atoms with van der Waals surface area (Å²) in [5.41, 5.74) is 8.88. The lowest BCUT2D eigenvalue weighted by Gasteiger charge is -2.29. The molecular formula is C64H62BClN12O10. The van der Waals surface area contributed by atoms with Gasteiger partial charge in [-0.1, -0.05) is 136 Å². The number of imide groups is 2. The molecule has 88 heavy (non-hydrogen) atoms. The summed E-state index contributed by atoms with van der Waals surface area (Å²) in [6.45, 7) is 0.216. The number of nitrogens with one attached hydrogen (secondary N) is 6. The first-order valence-electron chi connectivity index (χ1n) is 27.2. The van der Waals surface area contributed by atoms with Gasteiger partial charge in [0.25, 0.3) is 11.8 Å². The van der Waals surface area contributed by atoms with Gasteiger partial charge >= 0.3 is 7.12 Å². The van der Waals surface area contributed by atoms with Crippen molar-refractivity contribution in [2.45, 2.75) is 65.7 Å². The van der Waals surface area contributed by atoms with Gasteiger partial charge in [-0.05, 0) is 88.6 Å². The number of piperidine rings is 2. The molecule has 0 spiro atoms. The molecule has 12 rings (SSSR count). The molecule has 22 nitrogen and oxygen atoms in total. The van der Waals surface area contributed by atoms with Crippen LogP contribution in [0.4, 0.5) is 23.0 Å². The summed E-state index contributed by atoms with van der Waals surface area (Å²) in [5.74, 6) is -1.47. The summed E-state index contributed by atoms with van der Waals surface area (Å²) >= 11 is 5.72. The van der Waals surface area contributed by atoms with E-state index in [4.69, 9.17) is 21.6 Å². The van der Waals surface area contributed by atoms with E-state index in [0.29, 0.717) is 56.6 Å². The molecule has 0 bridgehead atoms. The first kappa shape index (κ1) is 63.5. The zero-order valence-electron chi connectivity index (χ0n) is 45.8. The highest BCUT2D eigenvalue weighted by Crippen LogP contribution is 2.34. The monoisotopic (exact) mass is 1200 g/mol. The van der Waals surface area contributed by atoms with Crippen LogP contribution in [0.5, 0.6) is 0 Å². The molecule has 2 fully saturated rings. The van der Waals surface area contributed by atoms with Gasteiger partial charge in [0.1, 0.15) is 23.7 Å². The highest BCUT2D eigenvalue weighted by atomic mass is 35.5. The van der Waals surface area contributed by atoms with E-state index in [1.165, 1.54) is 16.0 Å². The van der Waals surface area contributed by atoms with Crippen LogP contribution in [0.25, 0.3) is 33.6 Å². The van der Waals surface area contributed by atoms with Crippen LogP contribution in [0.2, 0.25) is 5.28 Å². The Kier molecular flexibility index (Phi) is 21.0. The van der Waals surface area contributed by atoms with E-state index in [0.717, 1.165) is 27.8 Å². The standard InChI is InChI=1S/C31H26N6O4.C19H17ClN6O4.C12H11BO2.2CH4/c38-27-14-13-25(30(40)36-27)37-18-23-22(31(37)41)7-4-8-24(23)34-28(39)17-33-26-15-16-32-29(35-26)21-11-9-20(10-12-21)19-5-2-1-3-6-19;20-19-21-7-6-14(24-19)22-8-16(28)23-12-3-1-2-10-11(12)9-26(18(10)30)13-4-5-15(27)25-17(13)29;14-13(15)12-8-6-11(7-9-12)10-4-2-1-3-5-10;;/h1-12,15-16,25H,13-14,17-18H2,(H,34,39)(H,32,33,35)(H,36,38,40);1-3,6-7,13H,4-5,8-9H2,(H,23,28)(H,21,22,24)(H,25,27,29);1-9,14-15H;2*1H4. The van der Waals surface area contributed by atoms with E-state index in [2.05, 4.69) is 64.0 Å². The van der Waals surface area contributed by atoms with Crippen LogP contribution in [0, 0.1) is 0 Å². The van der Waals surface area contributed by atoms with Crippen LogP contribution in [0.3, 0.4) is 0 Å². The number of hydrogen-bond donors (Lipinski definition) is 8. The van der Waals surface area contributed by atoms with Crippen LogP contribution < -0.4 is 37.4 Å². The summed E-state index contributed by atoms with van der Waals surface area (Å²) in [6, 6.07) is 47.1. The minimum absolute atomic E-state index is 0. The predicted molar refractivity (Wildman–Crippen MR) is 334 cm³/mol. The number of rotatable bonds is 14. The Bertz CT molecular complexity index is 3880. The number of benzene rings is 6. The first-order valence-corrected chi connectivity index (χ1v) is 27.6. The Morgan fingerprint density at radius 3 is 1.39 bits per heavy atom. The van der Waals surface area contributed by atoms with Crippen molar-refractivity contribution in [3.63, 3.8) is 0 Å². The highest BCUT2D eigenvalue weighted by Gasteiger charge is 2.41. The van der Waals surface area contributed by atoms with Crippen molar-refractivity contribution in [1.29, 1.82) is 0 Å². The maximum absolute atomic E-state index is 13.0. The fourth-order valence-electron chi connectivity index (χ4n) is 10.1. The first-order chi connectivity index (χ1) is 41.6. The minimum atomic E-state index is -1.39. The topological polar surface area (TPSA) is 307 Å². The predicted octanol–water partition coefficient (Wildman–Crippen LogP) is 6.87. The second-order valence-electron chi connectivity index (χ2n) is 20.0. The van der Waals surface area contributed by atoms with Gasteiger partial charge in [-0.15, -0.1) is 0 Å².